The number of aryl methyl sites for hydroxylation is 1. The van der Waals surface area contributed by atoms with E-state index in [2.05, 4.69) is 25.6 Å². The molecule has 0 bridgehead atoms. The van der Waals surface area contributed by atoms with Crippen LogP contribution in [-0.2, 0) is 12.8 Å². The summed E-state index contributed by atoms with van der Waals surface area (Å²) < 4.78 is 2.09. The number of hydrogen-bond donors (Lipinski definition) is 1. The number of anilines is 1. The maximum atomic E-state index is 6.04. The maximum Gasteiger partial charge on any atom is 0.169 e. The highest BCUT2D eigenvalue weighted by molar-refractivity contribution is 7.98. The zero-order valence-corrected chi connectivity index (χ0v) is 13.4. The molecule has 0 radical (unpaired) electrons. The number of nitrogen functional groups attached to an aromatic ring is 1. The molecule has 5 nitrogen and oxygen atoms in total. The Morgan fingerprint density at radius 3 is 2.52 bits per heavy atom. The summed E-state index contributed by atoms with van der Waals surface area (Å²) in [5.74, 6) is 1.88. The van der Waals surface area contributed by atoms with E-state index in [0.717, 1.165) is 32.9 Å². The molecule has 0 unspecified atom stereocenters. The first-order valence-corrected chi connectivity index (χ1v) is 8.26. The fourth-order valence-electron chi connectivity index (χ4n) is 2.60. The van der Waals surface area contributed by atoms with Crippen molar-refractivity contribution < 1.29 is 0 Å². The van der Waals surface area contributed by atoms with Crippen LogP contribution in [0.3, 0.4) is 0 Å². The van der Waals surface area contributed by atoms with Gasteiger partial charge in [0.15, 0.2) is 5.16 Å². The van der Waals surface area contributed by atoms with Gasteiger partial charge < -0.3 is 10.3 Å². The number of aromatic nitrogens is 4. The van der Waals surface area contributed by atoms with Gasteiger partial charge in [-0.3, -0.25) is 0 Å². The monoisotopic (exact) mass is 321 g/mol. The van der Waals surface area contributed by atoms with Crippen molar-refractivity contribution in [3.8, 4) is 0 Å². The molecule has 0 aliphatic rings. The average molecular weight is 321 g/mol. The van der Waals surface area contributed by atoms with Crippen molar-refractivity contribution >= 4 is 39.5 Å². The topological polar surface area (TPSA) is 69.6 Å². The predicted molar refractivity (Wildman–Crippen MR) is 94.2 cm³/mol. The summed E-state index contributed by atoms with van der Waals surface area (Å²) in [5.41, 5.74) is 9.03. The van der Waals surface area contributed by atoms with Gasteiger partial charge in [-0.2, -0.15) is 0 Å². The molecule has 0 aliphatic carbocycles. The Hall–Kier alpha value is -2.60. The number of hydrogen-bond acceptors (Lipinski definition) is 5. The quantitative estimate of drug-likeness (QED) is 0.586. The third-order valence-electron chi connectivity index (χ3n) is 3.76. The molecule has 2 aromatic carbocycles. The van der Waals surface area contributed by atoms with E-state index < -0.39 is 0 Å². The molecule has 0 fully saturated rings. The van der Waals surface area contributed by atoms with Crippen LogP contribution in [0.5, 0.6) is 0 Å². The summed E-state index contributed by atoms with van der Waals surface area (Å²) in [5, 5.41) is 1.84. The van der Waals surface area contributed by atoms with E-state index in [1.165, 1.54) is 0 Å². The molecular weight excluding hydrogens is 306 g/mol. The number of para-hydroxylation sites is 3. The Kier molecular flexibility index (Phi) is 3.38. The predicted octanol–water partition coefficient (Wildman–Crippen LogP) is 3.39. The number of imidazole rings is 1. The third-order valence-corrected chi connectivity index (χ3v) is 4.78. The highest BCUT2D eigenvalue weighted by Gasteiger charge is 2.10. The Morgan fingerprint density at radius 1 is 0.957 bits per heavy atom. The van der Waals surface area contributed by atoms with E-state index in [9.17, 15) is 0 Å². The van der Waals surface area contributed by atoms with E-state index in [1.807, 2.05) is 49.5 Å². The highest BCUT2D eigenvalue weighted by Crippen LogP contribution is 2.26. The van der Waals surface area contributed by atoms with Crippen molar-refractivity contribution in [1.29, 1.82) is 0 Å². The van der Waals surface area contributed by atoms with E-state index in [-0.39, 0.29) is 0 Å². The second kappa shape index (κ2) is 5.55. The van der Waals surface area contributed by atoms with Gasteiger partial charge in [-0.1, -0.05) is 36.0 Å². The molecule has 114 valence electrons. The van der Waals surface area contributed by atoms with Crippen LogP contribution >= 0.6 is 11.8 Å². The summed E-state index contributed by atoms with van der Waals surface area (Å²) >= 11 is 1.61. The lowest BCUT2D eigenvalue weighted by Crippen LogP contribution is -2.00. The van der Waals surface area contributed by atoms with E-state index in [1.54, 1.807) is 11.8 Å². The van der Waals surface area contributed by atoms with Crippen LogP contribution in [0, 0.1) is 0 Å². The van der Waals surface area contributed by atoms with Gasteiger partial charge in [0, 0.05) is 12.4 Å². The maximum absolute atomic E-state index is 6.04. The molecule has 0 saturated heterocycles. The van der Waals surface area contributed by atoms with E-state index >= 15 is 0 Å². The van der Waals surface area contributed by atoms with Crippen LogP contribution in [0.1, 0.15) is 5.82 Å². The number of benzene rings is 2. The standard InChI is InChI=1S/C17H15N5S/c1-22-14-9-5-4-8-13(14)20-17(22)23-10-15-19-12-7-3-2-6-11(12)16(18)21-15/h2-9H,10H2,1H3,(H2,18,19,21). The van der Waals surface area contributed by atoms with Gasteiger partial charge in [0.1, 0.15) is 11.6 Å². The molecule has 4 aromatic rings. The molecule has 2 N–H and O–H groups in total. The smallest absolute Gasteiger partial charge is 0.169 e. The first-order chi connectivity index (χ1) is 11.2. The lowest BCUT2D eigenvalue weighted by Gasteiger charge is -2.05. The number of thioether (sulfide) groups is 1. The second-order valence-corrected chi connectivity index (χ2v) is 6.22. The molecule has 0 spiro atoms. The number of nitrogens with zero attached hydrogens (tertiary/aromatic N) is 4. The SMILES string of the molecule is Cn1c(SCc2nc(N)c3ccccc3n2)nc2ccccc21. The molecule has 2 heterocycles. The van der Waals surface area contributed by atoms with Crippen LogP contribution in [0.4, 0.5) is 5.82 Å². The third kappa shape index (κ3) is 2.51. The van der Waals surface area contributed by atoms with Crippen LogP contribution in [0.25, 0.3) is 21.9 Å². The summed E-state index contributed by atoms with van der Waals surface area (Å²) in [6.45, 7) is 0. The molecule has 0 atom stereocenters. The average Bonchev–Trinajstić information content (AvgIpc) is 2.90. The van der Waals surface area contributed by atoms with Crippen molar-refractivity contribution in [3.05, 3.63) is 54.4 Å². The molecule has 6 heteroatoms. The lowest BCUT2D eigenvalue weighted by atomic mass is 10.2. The Labute approximate surface area is 137 Å². The molecule has 2 aromatic heterocycles. The number of nitrogens with two attached hydrogens (primary N) is 1. The van der Waals surface area contributed by atoms with Crippen LogP contribution < -0.4 is 5.73 Å². The summed E-state index contributed by atoms with van der Waals surface area (Å²) in [4.78, 5) is 13.6. The summed E-state index contributed by atoms with van der Waals surface area (Å²) in [6, 6.07) is 15.9. The Balaban J connectivity index is 1.64. The van der Waals surface area contributed by atoms with Gasteiger partial charge in [-0.25, -0.2) is 15.0 Å². The van der Waals surface area contributed by atoms with Gasteiger partial charge in [-0.15, -0.1) is 0 Å². The van der Waals surface area contributed by atoms with Gasteiger partial charge in [-0.05, 0) is 24.3 Å². The first-order valence-electron chi connectivity index (χ1n) is 7.28. The van der Waals surface area contributed by atoms with Crippen molar-refractivity contribution in [1.82, 2.24) is 19.5 Å². The highest BCUT2D eigenvalue weighted by atomic mass is 32.2. The number of rotatable bonds is 3. The van der Waals surface area contributed by atoms with Crippen LogP contribution in [0.15, 0.2) is 53.7 Å². The second-order valence-electron chi connectivity index (χ2n) is 5.27. The molecular formula is C17H15N5S. The van der Waals surface area contributed by atoms with Crippen molar-refractivity contribution in [3.63, 3.8) is 0 Å². The Morgan fingerprint density at radius 2 is 1.70 bits per heavy atom. The van der Waals surface area contributed by atoms with Gasteiger partial charge >= 0.3 is 0 Å². The van der Waals surface area contributed by atoms with Crippen molar-refractivity contribution in [2.45, 2.75) is 10.9 Å². The minimum Gasteiger partial charge on any atom is -0.383 e. The molecule has 0 saturated carbocycles. The molecule has 4 rings (SSSR count). The van der Waals surface area contributed by atoms with E-state index in [4.69, 9.17) is 5.73 Å². The molecule has 0 amide bonds. The normalized spacial score (nSPS) is 11.3. The van der Waals surface area contributed by atoms with Crippen molar-refractivity contribution in [2.75, 3.05) is 5.73 Å². The van der Waals surface area contributed by atoms with E-state index in [0.29, 0.717) is 11.6 Å². The van der Waals surface area contributed by atoms with Crippen molar-refractivity contribution in [2.24, 2.45) is 7.05 Å². The van der Waals surface area contributed by atoms with Crippen LogP contribution in [-0.4, -0.2) is 19.5 Å². The van der Waals surface area contributed by atoms with Gasteiger partial charge in [0.05, 0.1) is 22.3 Å². The molecule has 23 heavy (non-hydrogen) atoms. The lowest BCUT2D eigenvalue weighted by molar-refractivity contribution is 0.814. The Bertz CT molecular complexity index is 1010. The molecule has 0 aliphatic heterocycles. The zero-order valence-electron chi connectivity index (χ0n) is 12.6. The largest absolute Gasteiger partial charge is 0.383 e. The summed E-state index contributed by atoms with van der Waals surface area (Å²) in [7, 11) is 2.02. The fraction of sp³-hybridized carbons (Fsp3) is 0.118. The van der Waals surface area contributed by atoms with Crippen LogP contribution in [0.2, 0.25) is 0 Å². The minimum atomic E-state index is 0.524. The van der Waals surface area contributed by atoms with Gasteiger partial charge in [0.25, 0.3) is 0 Å². The summed E-state index contributed by atoms with van der Waals surface area (Å²) in [6.07, 6.45) is 0. The minimum absolute atomic E-state index is 0.524. The first kappa shape index (κ1) is 14.0. The fourth-order valence-corrected chi connectivity index (χ4v) is 3.44. The number of fused-ring (bicyclic) bond motifs is 2. The zero-order chi connectivity index (χ0) is 15.8. The van der Waals surface area contributed by atoms with Gasteiger partial charge in [0.2, 0.25) is 0 Å².